The third-order valence-corrected chi connectivity index (χ3v) is 6.98. The molecule has 3 aliphatic heterocycles. The van der Waals surface area contributed by atoms with Gasteiger partial charge in [0.05, 0.1) is 13.3 Å². The highest BCUT2D eigenvalue weighted by Gasteiger charge is 2.74. The number of hydrazone groups is 1. The minimum atomic E-state index is -1.96. The predicted octanol–water partition coefficient (Wildman–Crippen LogP) is 2.89. The molecule has 2 aromatic carbocycles. The van der Waals surface area contributed by atoms with Crippen LogP contribution in [0.3, 0.4) is 0 Å². The molecule has 0 radical (unpaired) electrons. The summed E-state index contributed by atoms with van der Waals surface area (Å²) in [6.45, 7) is 5.60. The van der Waals surface area contributed by atoms with E-state index >= 15 is 0 Å². The number of ketones is 1. The second-order valence-corrected chi connectivity index (χ2v) is 9.74. The lowest BCUT2D eigenvalue weighted by molar-refractivity contribution is -0.254. The van der Waals surface area contributed by atoms with E-state index in [1.54, 1.807) is 30.5 Å². The number of cyclic esters (lactones) is 2. The molecule has 2 fully saturated rings. The number of Topliss-reactive ketones (excluding diaryl/α,β-unsaturated/α-hetero) is 1. The van der Waals surface area contributed by atoms with Gasteiger partial charge in [0.15, 0.2) is 17.3 Å². The topological polar surface area (TPSA) is 121 Å². The molecule has 0 aromatic heterocycles. The second-order valence-electron chi connectivity index (χ2n) is 9.74. The van der Waals surface area contributed by atoms with Crippen molar-refractivity contribution in [1.82, 2.24) is 5.01 Å². The van der Waals surface area contributed by atoms with Gasteiger partial charge in [-0.2, -0.15) is 5.10 Å². The van der Waals surface area contributed by atoms with Gasteiger partial charge in [0.1, 0.15) is 12.1 Å². The van der Waals surface area contributed by atoms with Crippen LogP contribution in [0.4, 0.5) is 0 Å². The first-order valence-corrected chi connectivity index (χ1v) is 11.8. The van der Waals surface area contributed by atoms with Crippen molar-refractivity contribution in [2.75, 3.05) is 7.11 Å². The van der Waals surface area contributed by atoms with Crippen LogP contribution in [0, 0.1) is 5.41 Å². The Morgan fingerprint density at radius 1 is 1.00 bits per heavy atom. The molecule has 1 spiro atoms. The molecule has 37 heavy (non-hydrogen) atoms. The lowest BCUT2D eigenvalue weighted by Crippen LogP contribution is -2.58. The summed E-state index contributed by atoms with van der Waals surface area (Å²) in [7, 11) is 1.40. The van der Waals surface area contributed by atoms with E-state index in [0.29, 0.717) is 16.7 Å². The number of rotatable bonds is 4. The molecule has 0 unspecified atom stereocenters. The normalized spacial score (nSPS) is 24.6. The molecule has 10 heteroatoms. The van der Waals surface area contributed by atoms with Crippen molar-refractivity contribution in [2.24, 2.45) is 10.5 Å². The zero-order chi connectivity index (χ0) is 26.7. The maximum atomic E-state index is 14.0. The highest BCUT2D eigenvalue weighted by molar-refractivity contribution is 6.07. The number of carbonyl (C=O) groups is 4. The Hall–Kier alpha value is -4.21. The van der Waals surface area contributed by atoms with Gasteiger partial charge in [-0.25, -0.2) is 0 Å². The summed E-state index contributed by atoms with van der Waals surface area (Å²) in [5, 5.41) is 6.04. The molecule has 0 bridgehead atoms. The smallest absolute Gasteiger partial charge is 0.330 e. The van der Waals surface area contributed by atoms with Crippen LogP contribution >= 0.6 is 0 Å². The minimum Gasteiger partial charge on any atom is -0.493 e. The average Bonchev–Trinajstić information content (AvgIpc) is 3.15. The van der Waals surface area contributed by atoms with Gasteiger partial charge in [-0.05, 0) is 35.7 Å². The maximum absolute atomic E-state index is 14.0. The van der Waals surface area contributed by atoms with Gasteiger partial charge in [0.25, 0.3) is 5.79 Å². The van der Waals surface area contributed by atoms with Crippen LogP contribution in [-0.2, 0) is 28.7 Å². The molecule has 2 aromatic rings. The Morgan fingerprint density at radius 2 is 1.68 bits per heavy atom. The standard InChI is InChI=1S/C27H26N2O8/c1-14(30)22-21(16-10-11-19(35-15(2)31)20(12-16)34-5)27(24(32)36-26(3,4)37-25(27)33)23-18-9-7-6-8-17(18)13-28-29(22)23/h6-13,21-23H,1-5H3/t21-,22+,23+/m1/s1. The van der Waals surface area contributed by atoms with E-state index in [2.05, 4.69) is 5.10 Å². The van der Waals surface area contributed by atoms with E-state index in [4.69, 9.17) is 18.9 Å². The fraction of sp³-hybridized carbons (Fsp3) is 0.370. The Labute approximate surface area is 213 Å². The quantitative estimate of drug-likeness (QED) is 0.350. The number of ether oxygens (including phenoxy) is 4. The molecule has 3 aliphatic rings. The first-order valence-electron chi connectivity index (χ1n) is 11.8. The van der Waals surface area contributed by atoms with E-state index in [9.17, 15) is 19.2 Å². The number of esters is 3. The van der Waals surface area contributed by atoms with Crippen LogP contribution in [-0.4, -0.2) is 53.9 Å². The van der Waals surface area contributed by atoms with Crippen molar-refractivity contribution in [2.45, 2.75) is 51.5 Å². The molecule has 0 saturated carbocycles. The first kappa shape index (κ1) is 24.5. The van der Waals surface area contributed by atoms with Crippen molar-refractivity contribution >= 4 is 29.9 Å². The summed E-state index contributed by atoms with van der Waals surface area (Å²) >= 11 is 0. The summed E-state index contributed by atoms with van der Waals surface area (Å²) in [6, 6.07) is 9.89. The first-order chi connectivity index (χ1) is 17.5. The van der Waals surface area contributed by atoms with Crippen LogP contribution in [0.15, 0.2) is 47.6 Å². The van der Waals surface area contributed by atoms with Crippen LogP contribution in [0.2, 0.25) is 0 Å². The lowest BCUT2D eigenvalue weighted by atomic mass is 9.65. The number of nitrogens with zero attached hydrogens (tertiary/aromatic N) is 2. The third kappa shape index (κ3) is 3.58. The van der Waals surface area contributed by atoms with Crippen molar-refractivity contribution in [3.63, 3.8) is 0 Å². The van der Waals surface area contributed by atoms with Crippen molar-refractivity contribution in [3.05, 3.63) is 59.2 Å². The van der Waals surface area contributed by atoms with E-state index in [1.165, 1.54) is 45.9 Å². The van der Waals surface area contributed by atoms with Gasteiger partial charge >= 0.3 is 17.9 Å². The molecule has 0 amide bonds. The van der Waals surface area contributed by atoms with E-state index in [-0.39, 0.29) is 17.3 Å². The molecule has 0 N–H and O–H groups in total. The number of fused-ring (bicyclic) bond motifs is 4. The zero-order valence-corrected chi connectivity index (χ0v) is 21.0. The summed E-state index contributed by atoms with van der Waals surface area (Å²) in [6.07, 6.45) is 1.60. The fourth-order valence-corrected chi connectivity index (χ4v) is 5.65. The van der Waals surface area contributed by atoms with Crippen LogP contribution in [0.5, 0.6) is 11.5 Å². The average molecular weight is 507 g/mol. The molecule has 5 rings (SSSR count). The minimum absolute atomic E-state index is 0.154. The molecular weight excluding hydrogens is 480 g/mol. The second kappa shape index (κ2) is 8.43. The molecule has 3 heterocycles. The van der Waals surface area contributed by atoms with Gasteiger partial charge in [-0.3, -0.25) is 24.2 Å². The van der Waals surface area contributed by atoms with Gasteiger partial charge in [0.2, 0.25) is 5.41 Å². The van der Waals surface area contributed by atoms with Crippen LogP contribution < -0.4 is 9.47 Å². The van der Waals surface area contributed by atoms with Crippen LogP contribution in [0.1, 0.15) is 56.3 Å². The fourth-order valence-electron chi connectivity index (χ4n) is 5.65. The van der Waals surface area contributed by atoms with Crippen molar-refractivity contribution in [3.8, 4) is 11.5 Å². The maximum Gasteiger partial charge on any atom is 0.330 e. The molecule has 3 atom stereocenters. The van der Waals surface area contributed by atoms with Gasteiger partial charge < -0.3 is 18.9 Å². The van der Waals surface area contributed by atoms with Gasteiger partial charge in [-0.1, -0.05) is 30.3 Å². The molecular formula is C27H26N2O8. The SMILES string of the molecule is COc1cc([C@@H]2[C@H](C(C)=O)N3N=Cc4ccccc4[C@H]3C23C(=O)OC(C)(C)OC3=O)ccc1OC(C)=O. The molecule has 192 valence electrons. The van der Waals surface area contributed by atoms with Gasteiger partial charge in [0, 0.05) is 26.7 Å². The third-order valence-electron chi connectivity index (χ3n) is 6.98. The van der Waals surface area contributed by atoms with Crippen molar-refractivity contribution < 1.29 is 38.1 Å². The van der Waals surface area contributed by atoms with E-state index in [1.807, 2.05) is 12.1 Å². The Bertz CT molecular complexity index is 1340. The highest BCUT2D eigenvalue weighted by atomic mass is 16.7. The summed E-state index contributed by atoms with van der Waals surface area (Å²) < 4.78 is 22.0. The Balaban J connectivity index is 1.79. The number of benzene rings is 2. The number of hydrogen-bond acceptors (Lipinski definition) is 10. The molecule has 0 aliphatic carbocycles. The monoisotopic (exact) mass is 506 g/mol. The summed E-state index contributed by atoms with van der Waals surface area (Å²) in [5.74, 6) is -4.68. The Kier molecular flexibility index (Phi) is 5.58. The number of methoxy groups -OCH3 is 1. The predicted molar refractivity (Wildman–Crippen MR) is 129 cm³/mol. The molecule has 10 nitrogen and oxygen atoms in total. The number of carbonyl (C=O) groups excluding carboxylic acids is 4. The van der Waals surface area contributed by atoms with E-state index in [0.717, 1.165) is 0 Å². The van der Waals surface area contributed by atoms with E-state index < -0.39 is 47.1 Å². The summed E-state index contributed by atoms with van der Waals surface area (Å²) in [4.78, 5) is 52.8. The Morgan fingerprint density at radius 3 is 2.30 bits per heavy atom. The largest absolute Gasteiger partial charge is 0.493 e. The van der Waals surface area contributed by atoms with Crippen molar-refractivity contribution in [1.29, 1.82) is 0 Å². The van der Waals surface area contributed by atoms with Gasteiger partial charge in [-0.15, -0.1) is 0 Å². The highest BCUT2D eigenvalue weighted by Crippen LogP contribution is 2.63. The van der Waals surface area contributed by atoms with Crippen LogP contribution in [0.25, 0.3) is 0 Å². The number of hydrogen-bond donors (Lipinski definition) is 0. The zero-order valence-electron chi connectivity index (χ0n) is 21.0. The summed E-state index contributed by atoms with van der Waals surface area (Å²) in [5.41, 5.74) is -0.195. The lowest BCUT2D eigenvalue weighted by Gasteiger charge is -2.44. The molecule has 2 saturated heterocycles.